The van der Waals surface area contributed by atoms with Crippen LogP contribution in [0.4, 0.5) is 0 Å². The molecule has 130 valence electrons. The molecule has 9 heteroatoms. The van der Waals surface area contributed by atoms with Crippen LogP contribution in [-0.4, -0.2) is 42.0 Å². The second-order valence-corrected chi connectivity index (χ2v) is 8.97. The molecule has 2 heterocycles. The van der Waals surface area contributed by atoms with E-state index < -0.39 is 21.2 Å². The molecule has 1 aliphatic heterocycles. The summed E-state index contributed by atoms with van der Waals surface area (Å²) in [7, 11) is -3.51. The van der Waals surface area contributed by atoms with Crippen molar-refractivity contribution in [2.24, 2.45) is 5.73 Å². The zero-order valence-corrected chi connectivity index (χ0v) is 14.9. The number of carbonyl (C=O) groups excluding carboxylic acids is 1. The van der Waals surface area contributed by atoms with Gasteiger partial charge in [-0.3, -0.25) is 4.79 Å². The Morgan fingerprint density at radius 3 is 2.71 bits per heavy atom. The van der Waals surface area contributed by atoms with E-state index in [1.165, 1.54) is 16.4 Å². The van der Waals surface area contributed by atoms with Crippen molar-refractivity contribution in [2.75, 3.05) is 13.1 Å². The fraction of sp³-hybridized carbons (Fsp3) is 0.467. The summed E-state index contributed by atoms with van der Waals surface area (Å²) in [6, 6.07) is 4.64. The average molecular weight is 369 g/mol. The molecule has 1 amide bonds. The fourth-order valence-electron chi connectivity index (χ4n) is 2.56. The summed E-state index contributed by atoms with van der Waals surface area (Å²) in [6.07, 6.45) is 2.83. The van der Waals surface area contributed by atoms with E-state index >= 15 is 0 Å². The Morgan fingerprint density at radius 2 is 2.04 bits per heavy atom. The lowest BCUT2D eigenvalue weighted by Gasteiger charge is -2.25. The Bertz CT molecular complexity index is 857. The van der Waals surface area contributed by atoms with Crippen molar-refractivity contribution in [1.29, 1.82) is 0 Å². The first-order valence-electron chi connectivity index (χ1n) is 7.74. The van der Waals surface area contributed by atoms with Crippen molar-refractivity contribution >= 4 is 38.8 Å². The lowest BCUT2D eigenvalue weighted by molar-refractivity contribution is -0.117. The highest BCUT2D eigenvalue weighted by molar-refractivity contribution is 8.00. The van der Waals surface area contributed by atoms with E-state index in [0.29, 0.717) is 29.4 Å². The molecule has 0 saturated carbocycles. The van der Waals surface area contributed by atoms with Crippen LogP contribution in [0, 0.1) is 0 Å². The van der Waals surface area contributed by atoms with Gasteiger partial charge in [-0.15, -0.1) is 0 Å². The SMILES string of the molecule is C[C@@H](Sc1nc2cc(S(=O)(=O)N3CCCCC3)ccc2o1)C(N)=O. The fourth-order valence-corrected chi connectivity index (χ4v) is 4.81. The second kappa shape index (κ2) is 6.73. The summed E-state index contributed by atoms with van der Waals surface area (Å²) < 4.78 is 32.5. The lowest BCUT2D eigenvalue weighted by Crippen LogP contribution is -2.35. The predicted molar refractivity (Wildman–Crippen MR) is 91.1 cm³/mol. The molecule has 2 aromatic rings. The Kier molecular flexibility index (Phi) is 4.84. The Morgan fingerprint density at radius 1 is 1.33 bits per heavy atom. The zero-order chi connectivity index (χ0) is 17.3. The van der Waals surface area contributed by atoms with Gasteiger partial charge in [-0.25, -0.2) is 13.4 Å². The maximum Gasteiger partial charge on any atom is 0.257 e. The molecule has 0 spiro atoms. The van der Waals surface area contributed by atoms with Crippen molar-refractivity contribution < 1.29 is 17.6 Å². The number of thioether (sulfide) groups is 1. The largest absolute Gasteiger partial charge is 0.431 e. The number of piperidine rings is 1. The Labute approximate surface area is 144 Å². The van der Waals surface area contributed by atoms with Crippen LogP contribution in [0.2, 0.25) is 0 Å². The predicted octanol–water partition coefficient (Wildman–Crippen LogP) is 1.97. The third-order valence-electron chi connectivity index (χ3n) is 3.97. The van der Waals surface area contributed by atoms with Crippen LogP contribution in [0.3, 0.4) is 0 Å². The number of primary amides is 1. The topological polar surface area (TPSA) is 106 Å². The van der Waals surface area contributed by atoms with Crippen molar-refractivity contribution in [1.82, 2.24) is 9.29 Å². The molecule has 2 N–H and O–H groups in total. The summed E-state index contributed by atoms with van der Waals surface area (Å²) in [5.41, 5.74) is 6.16. The van der Waals surface area contributed by atoms with E-state index in [4.69, 9.17) is 10.2 Å². The molecule has 7 nitrogen and oxygen atoms in total. The Balaban J connectivity index is 1.89. The number of hydrogen-bond donors (Lipinski definition) is 1. The monoisotopic (exact) mass is 369 g/mol. The van der Waals surface area contributed by atoms with Crippen LogP contribution in [0.25, 0.3) is 11.1 Å². The number of aromatic nitrogens is 1. The van der Waals surface area contributed by atoms with Gasteiger partial charge < -0.3 is 10.2 Å². The molecule has 1 aliphatic rings. The maximum absolute atomic E-state index is 12.7. The standard InChI is InChI=1S/C15H19N3O4S2/c1-10(14(16)19)23-15-17-12-9-11(5-6-13(12)22-15)24(20,21)18-7-3-2-4-8-18/h5-6,9-10H,2-4,7-8H2,1H3,(H2,16,19)/t10-/m1/s1. The summed E-state index contributed by atoms with van der Waals surface area (Å²) >= 11 is 1.11. The van der Waals surface area contributed by atoms with Gasteiger partial charge in [-0.2, -0.15) is 4.31 Å². The van der Waals surface area contributed by atoms with Crippen molar-refractivity contribution in [3.8, 4) is 0 Å². The van der Waals surface area contributed by atoms with E-state index in [1.54, 1.807) is 13.0 Å². The molecule has 1 saturated heterocycles. The summed E-state index contributed by atoms with van der Waals surface area (Å²) in [4.78, 5) is 15.6. The van der Waals surface area contributed by atoms with Gasteiger partial charge in [-0.05, 0) is 38.0 Å². The van der Waals surface area contributed by atoms with Gasteiger partial charge in [0, 0.05) is 13.1 Å². The Hall–Kier alpha value is -1.58. The minimum Gasteiger partial charge on any atom is -0.431 e. The number of carbonyl (C=O) groups is 1. The number of nitrogens with two attached hydrogens (primary N) is 1. The maximum atomic E-state index is 12.7. The van der Waals surface area contributed by atoms with Crippen LogP contribution in [-0.2, 0) is 14.8 Å². The number of hydrogen-bond acceptors (Lipinski definition) is 6. The van der Waals surface area contributed by atoms with Crippen molar-refractivity contribution in [2.45, 2.75) is 41.6 Å². The molecular weight excluding hydrogens is 350 g/mol. The molecule has 1 fully saturated rings. The van der Waals surface area contributed by atoms with Crippen molar-refractivity contribution in [3.05, 3.63) is 18.2 Å². The molecule has 1 aromatic heterocycles. The van der Waals surface area contributed by atoms with Gasteiger partial charge in [0.15, 0.2) is 5.58 Å². The normalized spacial score (nSPS) is 17.9. The van der Waals surface area contributed by atoms with Crippen LogP contribution < -0.4 is 5.73 Å². The molecule has 1 aromatic carbocycles. The number of benzene rings is 1. The number of amides is 1. The lowest BCUT2D eigenvalue weighted by atomic mass is 10.2. The van der Waals surface area contributed by atoms with Gasteiger partial charge >= 0.3 is 0 Å². The smallest absolute Gasteiger partial charge is 0.257 e. The first-order chi connectivity index (χ1) is 11.4. The van der Waals surface area contributed by atoms with E-state index in [0.717, 1.165) is 31.0 Å². The minimum atomic E-state index is -3.51. The van der Waals surface area contributed by atoms with Gasteiger partial charge in [0.2, 0.25) is 15.9 Å². The van der Waals surface area contributed by atoms with Crippen LogP contribution >= 0.6 is 11.8 Å². The highest BCUT2D eigenvalue weighted by atomic mass is 32.2. The van der Waals surface area contributed by atoms with Crippen molar-refractivity contribution in [3.63, 3.8) is 0 Å². The number of rotatable bonds is 5. The molecular formula is C15H19N3O4S2. The summed E-state index contributed by atoms with van der Waals surface area (Å²) in [5.74, 6) is -0.462. The van der Waals surface area contributed by atoms with Gasteiger partial charge in [-0.1, -0.05) is 18.2 Å². The number of sulfonamides is 1. The number of fused-ring (bicyclic) bond motifs is 1. The third-order valence-corrected chi connectivity index (χ3v) is 6.83. The summed E-state index contributed by atoms with van der Waals surface area (Å²) in [5, 5.41) is -0.182. The van der Waals surface area contributed by atoms with E-state index in [1.807, 2.05) is 0 Å². The van der Waals surface area contributed by atoms with E-state index in [-0.39, 0.29) is 4.90 Å². The molecule has 1 atom stereocenters. The molecule has 0 aliphatic carbocycles. The first-order valence-corrected chi connectivity index (χ1v) is 10.1. The van der Waals surface area contributed by atoms with E-state index in [9.17, 15) is 13.2 Å². The highest BCUT2D eigenvalue weighted by Crippen LogP contribution is 2.29. The van der Waals surface area contributed by atoms with Crippen LogP contribution in [0.15, 0.2) is 32.7 Å². The zero-order valence-electron chi connectivity index (χ0n) is 13.3. The second-order valence-electron chi connectivity index (χ2n) is 5.74. The number of oxazole rings is 1. The van der Waals surface area contributed by atoms with Gasteiger partial charge in [0.05, 0.1) is 10.1 Å². The van der Waals surface area contributed by atoms with Crippen LogP contribution in [0.5, 0.6) is 0 Å². The van der Waals surface area contributed by atoms with Gasteiger partial charge in [0.25, 0.3) is 5.22 Å². The highest BCUT2D eigenvalue weighted by Gasteiger charge is 2.26. The first kappa shape index (κ1) is 17.2. The third kappa shape index (κ3) is 3.42. The van der Waals surface area contributed by atoms with E-state index in [2.05, 4.69) is 4.98 Å². The molecule has 3 rings (SSSR count). The number of nitrogens with zero attached hydrogens (tertiary/aromatic N) is 2. The molecule has 0 bridgehead atoms. The average Bonchev–Trinajstić information content (AvgIpc) is 2.96. The molecule has 0 unspecified atom stereocenters. The molecule has 0 radical (unpaired) electrons. The summed E-state index contributed by atoms with van der Waals surface area (Å²) in [6.45, 7) is 2.76. The quantitative estimate of drug-likeness (QED) is 0.808. The van der Waals surface area contributed by atoms with Gasteiger partial charge in [0.1, 0.15) is 5.52 Å². The minimum absolute atomic E-state index is 0.213. The molecule has 24 heavy (non-hydrogen) atoms. The van der Waals surface area contributed by atoms with Crippen LogP contribution in [0.1, 0.15) is 26.2 Å².